The molecule has 0 radical (unpaired) electrons. The lowest BCUT2D eigenvalue weighted by atomic mass is 10.0. The van der Waals surface area contributed by atoms with Crippen molar-refractivity contribution in [3.63, 3.8) is 0 Å². The van der Waals surface area contributed by atoms with Gasteiger partial charge in [-0.05, 0) is 37.8 Å². The molecule has 0 aromatic heterocycles. The standard InChI is InChI=1S/C19H26N4O2/c1-13(18(22)24)23(19(25)16(21)10-4-5-12-20)17-11-6-8-14-7-2-3-9-15(14)17/h2-3,6-9,11,13,16H,4-5,10,12,20-21H2,1H3,(H2,22,24)/t13-,16-/m0/s1. The highest BCUT2D eigenvalue weighted by Gasteiger charge is 2.30. The third kappa shape index (κ3) is 4.35. The Morgan fingerprint density at radius 2 is 1.76 bits per heavy atom. The molecule has 2 aromatic rings. The Hall–Kier alpha value is -2.44. The van der Waals surface area contributed by atoms with E-state index in [2.05, 4.69) is 0 Å². The van der Waals surface area contributed by atoms with E-state index in [-0.39, 0.29) is 5.91 Å². The van der Waals surface area contributed by atoms with Crippen molar-refractivity contribution in [2.45, 2.75) is 38.3 Å². The quantitative estimate of drug-likeness (QED) is 0.630. The monoisotopic (exact) mass is 342 g/mol. The molecule has 0 fully saturated rings. The Balaban J connectivity index is 2.42. The van der Waals surface area contributed by atoms with Crippen LogP contribution in [-0.2, 0) is 9.59 Å². The number of benzene rings is 2. The summed E-state index contributed by atoms with van der Waals surface area (Å²) in [6, 6.07) is 11.8. The smallest absolute Gasteiger partial charge is 0.244 e. The lowest BCUT2D eigenvalue weighted by Crippen LogP contribution is -2.52. The summed E-state index contributed by atoms with van der Waals surface area (Å²) < 4.78 is 0. The minimum Gasteiger partial charge on any atom is -0.368 e. The maximum absolute atomic E-state index is 13.0. The molecule has 6 N–H and O–H groups in total. The van der Waals surface area contributed by atoms with Crippen LogP contribution in [0, 0.1) is 0 Å². The van der Waals surface area contributed by atoms with Gasteiger partial charge in [0.15, 0.2) is 0 Å². The number of hydrogen-bond donors (Lipinski definition) is 3. The van der Waals surface area contributed by atoms with Crippen LogP contribution in [0.15, 0.2) is 42.5 Å². The largest absolute Gasteiger partial charge is 0.368 e. The minimum absolute atomic E-state index is 0.306. The van der Waals surface area contributed by atoms with Gasteiger partial charge in [-0.15, -0.1) is 0 Å². The molecule has 134 valence electrons. The van der Waals surface area contributed by atoms with Crippen molar-refractivity contribution in [2.75, 3.05) is 11.4 Å². The molecule has 6 heteroatoms. The number of rotatable bonds is 8. The molecule has 0 heterocycles. The zero-order valence-electron chi connectivity index (χ0n) is 14.5. The van der Waals surface area contributed by atoms with Crippen molar-refractivity contribution in [1.82, 2.24) is 0 Å². The predicted molar refractivity (Wildman–Crippen MR) is 101 cm³/mol. The number of nitrogens with two attached hydrogens (primary N) is 3. The Bertz CT molecular complexity index is 742. The van der Waals surface area contributed by atoms with Crippen LogP contribution in [0.3, 0.4) is 0 Å². The molecule has 0 saturated carbocycles. The van der Waals surface area contributed by atoms with Crippen LogP contribution in [0.1, 0.15) is 26.2 Å². The van der Waals surface area contributed by atoms with E-state index >= 15 is 0 Å². The first-order valence-corrected chi connectivity index (χ1v) is 8.53. The van der Waals surface area contributed by atoms with Gasteiger partial charge in [-0.3, -0.25) is 14.5 Å². The molecule has 2 atom stereocenters. The minimum atomic E-state index is -0.793. The second-order valence-corrected chi connectivity index (χ2v) is 6.18. The first-order chi connectivity index (χ1) is 12.0. The fourth-order valence-electron chi connectivity index (χ4n) is 2.87. The molecule has 0 spiro atoms. The van der Waals surface area contributed by atoms with Crippen LogP contribution in [0.4, 0.5) is 5.69 Å². The second-order valence-electron chi connectivity index (χ2n) is 6.18. The van der Waals surface area contributed by atoms with E-state index < -0.39 is 18.0 Å². The lowest BCUT2D eigenvalue weighted by Gasteiger charge is -2.30. The first kappa shape index (κ1) is 18.9. The summed E-state index contributed by atoms with van der Waals surface area (Å²) in [5.74, 6) is -0.880. The summed E-state index contributed by atoms with van der Waals surface area (Å²) in [5, 5.41) is 1.85. The summed E-state index contributed by atoms with van der Waals surface area (Å²) in [4.78, 5) is 26.2. The lowest BCUT2D eigenvalue weighted by molar-refractivity contribution is -0.125. The first-order valence-electron chi connectivity index (χ1n) is 8.53. The molecule has 25 heavy (non-hydrogen) atoms. The summed E-state index contributed by atoms with van der Waals surface area (Å²) in [6.07, 6.45) is 2.08. The van der Waals surface area contributed by atoms with E-state index in [9.17, 15) is 9.59 Å². The van der Waals surface area contributed by atoms with Gasteiger partial charge < -0.3 is 17.2 Å². The number of nitrogens with zero attached hydrogens (tertiary/aromatic N) is 1. The number of fused-ring (bicyclic) bond motifs is 1. The number of primary amides is 1. The number of hydrogen-bond acceptors (Lipinski definition) is 4. The molecule has 0 saturated heterocycles. The van der Waals surface area contributed by atoms with Crippen molar-refractivity contribution < 1.29 is 9.59 Å². The predicted octanol–water partition coefficient (Wildman–Crippen LogP) is 1.50. The Kier molecular flexibility index (Phi) is 6.50. The average Bonchev–Trinajstić information content (AvgIpc) is 2.62. The zero-order valence-corrected chi connectivity index (χ0v) is 14.5. The molecular weight excluding hydrogens is 316 g/mol. The van der Waals surface area contributed by atoms with Crippen LogP contribution in [0.2, 0.25) is 0 Å². The number of carbonyl (C=O) groups excluding carboxylic acids is 2. The van der Waals surface area contributed by atoms with Crippen molar-refractivity contribution >= 4 is 28.3 Å². The molecule has 2 rings (SSSR count). The van der Waals surface area contributed by atoms with Gasteiger partial charge in [0.2, 0.25) is 11.8 Å². The molecular formula is C19H26N4O2. The average molecular weight is 342 g/mol. The summed E-state index contributed by atoms with van der Waals surface area (Å²) >= 11 is 0. The Labute approximate surface area is 148 Å². The van der Waals surface area contributed by atoms with Gasteiger partial charge in [0.05, 0.1) is 11.7 Å². The van der Waals surface area contributed by atoms with Crippen LogP contribution < -0.4 is 22.1 Å². The van der Waals surface area contributed by atoms with E-state index in [0.717, 1.165) is 23.6 Å². The van der Waals surface area contributed by atoms with E-state index in [1.807, 2.05) is 42.5 Å². The maximum atomic E-state index is 13.0. The highest BCUT2D eigenvalue weighted by molar-refractivity contribution is 6.08. The van der Waals surface area contributed by atoms with Crippen LogP contribution in [0.5, 0.6) is 0 Å². The fourth-order valence-corrected chi connectivity index (χ4v) is 2.87. The van der Waals surface area contributed by atoms with Gasteiger partial charge in [0.1, 0.15) is 6.04 Å². The van der Waals surface area contributed by atoms with Gasteiger partial charge in [-0.2, -0.15) is 0 Å². The molecule has 0 aliphatic heterocycles. The number of unbranched alkanes of at least 4 members (excludes halogenated alkanes) is 1. The normalized spacial score (nSPS) is 13.4. The van der Waals surface area contributed by atoms with Crippen LogP contribution in [-0.4, -0.2) is 30.4 Å². The number of amides is 2. The van der Waals surface area contributed by atoms with Gasteiger partial charge in [-0.25, -0.2) is 0 Å². The highest BCUT2D eigenvalue weighted by atomic mass is 16.2. The SMILES string of the molecule is C[C@@H](C(N)=O)N(C(=O)[C@@H](N)CCCCN)c1cccc2ccccc12. The van der Waals surface area contributed by atoms with Crippen molar-refractivity contribution in [3.8, 4) is 0 Å². The second kappa shape index (κ2) is 8.60. The molecule has 0 unspecified atom stereocenters. The highest BCUT2D eigenvalue weighted by Crippen LogP contribution is 2.29. The molecule has 0 bridgehead atoms. The Morgan fingerprint density at radius 1 is 1.08 bits per heavy atom. The van der Waals surface area contributed by atoms with Gasteiger partial charge in [-0.1, -0.05) is 42.8 Å². The summed E-state index contributed by atoms with van der Waals surface area (Å²) in [6.45, 7) is 2.18. The molecule has 0 aliphatic rings. The topological polar surface area (TPSA) is 115 Å². The van der Waals surface area contributed by atoms with Gasteiger partial charge in [0.25, 0.3) is 0 Å². The number of anilines is 1. The van der Waals surface area contributed by atoms with E-state index in [0.29, 0.717) is 18.7 Å². The van der Waals surface area contributed by atoms with E-state index in [4.69, 9.17) is 17.2 Å². The van der Waals surface area contributed by atoms with Crippen LogP contribution in [0.25, 0.3) is 10.8 Å². The summed E-state index contributed by atoms with van der Waals surface area (Å²) in [7, 11) is 0. The van der Waals surface area contributed by atoms with Crippen molar-refractivity contribution in [3.05, 3.63) is 42.5 Å². The van der Waals surface area contributed by atoms with Crippen molar-refractivity contribution in [1.29, 1.82) is 0 Å². The number of carbonyl (C=O) groups is 2. The molecule has 2 amide bonds. The fraction of sp³-hybridized carbons (Fsp3) is 0.368. The third-order valence-corrected chi connectivity index (χ3v) is 4.35. The van der Waals surface area contributed by atoms with E-state index in [1.54, 1.807) is 6.92 Å². The van der Waals surface area contributed by atoms with Gasteiger partial charge >= 0.3 is 0 Å². The Morgan fingerprint density at radius 3 is 2.44 bits per heavy atom. The summed E-state index contributed by atoms with van der Waals surface area (Å²) in [5.41, 5.74) is 17.7. The maximum Gasteiger partial charge on any atom is 0.244 e. The van der Waals surface area contributed by atoms with Gasteiger partial charge in [0, 0.05) is 5.39 Å². The zero-order chi connectivity index (χ0) is 18.4. The third-order valence-electron chi connectivity index (χ3n) is 4.35. The van der Waals surface area contributed by atoms with E-state index in [1.165, 1.54) is 4.90 Å². The molecule has 6 nitrogen and oxygen atoms in total. The van der Waals surface area contributed by atoms with Crippen LogP contribution >= 0.6 is 0 Å². The molecule has 0 aliphatic carbocycles. The molecule has 2 aromatic carbocycles. The van der Waals surface area contributed by atoms with Crippen molar-refractivity contribution in [2.24, 2.45) is 17.2 Å².